The Balaban J connectivity index is 2.60. The van der Waals surface area contributed by atoms with Gasteiger partial charge in [0.1, 0.15) is 0 Å². The van der Waals surface area contributed by atoms with Crippen LogP contribution in [0.1, 0.15) is 5.56 Å². The van der Waals surface area contributed by atoms with E-state index in [2.05, 4.69) is 26.6 Å². The highest BCUT2D eigenvalue weighted by atomic mass is 79.9. The zero-order valence-corrected chi connectivity index (χ0v) is 9.97. The number of amides is 2. The van der Waals surface area contributed by atoms with Crippen molar-refractivity contribution < 1.29 is 9.90 Å². The van der Waals surface area contributed by atoms with Crippen LogP contribution in [0.15, 0.2) is 22.7 Å². The minimum atomic E-state index is -0.325. The van der Waals surface area contributed by atoms with Crippen molar-refractivity contribution in [2.24, 2.45) is 0 Å². The van der Waals surface area contributed by atoms with Gasteiger partial charge in [-0.3, -0.25) is 0 Å². The number of carbonyl (C=O) groups is 1. The van der Waals surface area contributed by atoms with Gasteiger partial charge in [0.2, 0.25) is 0 Å². The van der Waals surface area contributed by atoms with Gasteiger partial charge in [0.05, 0.1) is 12.3 Å². The molecule has 0 aliphatic carbocycles. The maximum absolute atomic E-state index is 11.3. The van der Waals surface area contributed by atoms with E-state index < -0.39 is 0 Å². The summed E-state index contributed by atoms with van der Waals surface area (Å²) >= 11 is 3.35. The van der Waals surface area contributed by atoms with Gasteiger partial charge in [0, 0.05) is 11.0 Å². The highest BCUT2D eigenvalue weighted by molar-refractivity contribution is 9.10. The van der Waals surface area contributed by atoms with Crippen LogP contribution in [-0.4, -0.2) is 24.3 Å². The van der Waals surface area contributed by atoms with Crippen molar-refractivity contribution in [3.63, 3.8) is 0 Å². The molecule has 2 amide bonds. The number of aryl methyl sites for hydroxylation is 1. The molecule has 0 saturated carbocycles. The van der Waals surface area contributed by atoms with Crippen LogP contribution in [0.25, 0.3) is 0 Å². The number of anilines is 1. The number of hydrogen-bond acceptors (Lipinski definition) is 2. The predicted octanol–water partition coefficient (Wildman–Crippen LogP) is 1.87. The van der Waals surface area contributed by atoms with Gasteiger partial charge in [-0.1, -0.05) is 6.07 Å². The van der Waals surface area contributed by atoms with Gasteiger partial charge in [0.15, 0.2) is 0 Å². The molecule has 1 rings (SSSR count). The molecule has 5 heteroatoms. The highest BCUT2D eigenvalue weighted by Gasteiger charge is 2.03. The quantitative estimate of drug-likeness (QED) is 0.787. The fraction of sp³-hybridized carbons (Fsp3) is 0.300. The third-order valence-corrected chi connectivity index (χ3v) is 2.43. The molecule has 0 radical (unpaired) electrons. The number of rotatable bonds is 3. The molecular weight excluding hydrogens is 260 g/mol. The predicted molar refractivity (Wildman–Crippen MR) is 63.0 cm³/mol. The van der Waals surface area contributed by atoms with Gasteiger partial charge in [-0.05, 0) is 40.5 Å². The first-order valence-electron chi connectivity index (χ1n) is 4.55. The molecule has 4 nitrogen and oxygen atoms in total. The fourth-order valence-electron chi connectivity index (χ4n) is 1.06. The molecule has 0 unspecified atom stereocenters. The van der Waals surface area contributed by atoms with Crippen LogP contribution in [0.3, 0.4) is 0 Å². The molecule has 0 heterocycles. The summed E-state index contributed by atoms with van der Waals surface area (Å²) in [6, 6.07) is 5.32. The summed E-state index contributed by atoms with van der Waals surface area (Å²) in [5.74, 6) is 0. The smallest absolute Gasteiger partial charge is 0.319 e. The van der Waals surface area contributed by atoms with Gasteiger partial charge in [-0.15, -0.1) is 0 Å². The summed E-state index contributed by atoms with van der Waals surface area (Å²) in [5.41, 5.74) is 1.82. The summed E-state index contributed by atoms with van der Waals surface area (Å²) < 4.78 is 0.835. The minimum absolute atomic E-state index is 0.0670. The normalized spacial score (nSPS) is 9.80. The van der Waals surface area contributed by atoms with Crippen molar-refractivity contribution in [3.05, 3.63) is 28.2 Å². The molecule has 1 aromatic rings. The SMILES string of the molecule is Cc1ccc(NC(=O)NCCO)c(Br)c1. The van der Waals surface area contributed by atoms with Crippen LogP contribution in [0.5, 0.6) is 0 Å². The van der Waals surface area contributed by atoms with Crippen LogP contribution in [0.4, 0.5) is 10.5 Å². The molecule has 0 bridgehead atoms. The Morgan fingerprint density at radius 3 is 2.87 bits per heavy atom. The Morgan fingerprint density at radius 2 is 2.27 bits per heavy atom. The average molecular weight is 273 g/mol. The second kappa shape index (κ2) is 5.72. The van der Waals surface area contributed by atoms with Crippen LogP contribution in [0.2, 0.25) is 0 Å². The molecule has 3 N–H and O–H groups in total. The monoisotopic (exact) mass is 272 g/mol. The van der Waals surface area contributed by atoms with Crippen LogP contribution in [0, 0.1) is 6.92 Å². The van der Waals surface area contributed by atoms with Gasteiger partial charge >= 0.3 is 6.03 Å². The van der Waals surface area contributed by atoms with Crippen LogP contribution >= 0.6 is 15.9 Å². The number of aliphatic hydroxyl groups excluding tert-OH is 1. The molecule has 0 aliphatic rings. The second-order valence-corrected chi connectivity index (χ2v) is 3.94. The minimum Gasteiger partial charge on any atom is -0.395 e. The molecule has 0 spiro atoms. The lowest BCUT2D eigenvalue weighted by atomic mass is 10.2. The number of halogens is 1. The number of benzene rings is 1. The maximum Gasteiger partial charge on any atom is 0.319 e. The topological polar surface area (TPSA) is 61.4 Å². The highest BCUT2D eigenvalue weighted by Crippen LogP contribution is 2.22. The second-order valence-electron chi connectivity index (χ2n) is 3.09. The van der Waals surface area contributed by atoms with Gasteiger partial charge in [-0.25, -0.2) is 4.79 Å². The molecule has 82 valence electrons. The number of urea groups is 1. The standard InChI is InChI=1S/C10H13BrN2O2/c1-7-2-3-9(8(11)6-7)13-10(15)12-4-5-14/h2-3,6,14H,4-5H2,1H3,(H2,12,13,15). The van der Waals surface area contributed by atoms with Crippen molar-refractivity contribution in [1.82, 2.24) is 5.32 Å². The first-order valence-corrected chi connectivity index (χ1v) is 5.34. The molecular formula is C10H13BrN2O2. The maximum atomic E-state index is 11.3. The van der Waals surface area contributed by atoms with Crippen LogP contribution in [-0.2, 0) is 0 Å². The van der Waals surface area contributed by atoms with E-state index in [1.54, 1.807) is 0 Å². The summed E-state index contributed by atoms with van der Waals surface area (Å²) in [5, 5.41) is 13.7. The summed E-state index contributed by atoms with van der Waals surface area (Å²) in [4.78, 5) is 11.3. The Bertz CT molecular complexity index is 355. The number of aliphatic hydroxyl groups is 1. The molecule has 0 aliphatic heterocycles. The van der Waals surface area contributed by atoms with E-state index >= 15 is 0 Å². The van der Waals surface area contributed by atoms with Crippen molar-refractivity contribution in [2.75, 3.05) is 18.5 Å². The van der Waals surface area contributed by atoms with Crippen LogP contribution < -0.4 is 10.6 Å². The lowest BCUT2D eigenvalue weighted by Crippen LogP contribution is -2.31. The lowest BCUT2D eigenvalue weighted by Gasteiger charge is -2.08. The van der Waals surface area contributed by atoms with E-state index in [9.17, 15) is 4.79 Å². The number of nitrogens with one attached hydrogen (secondary N) is 2. The molecule has 0 aromatic heterocycles. The lowest BCUT2D eigenvalue weighted by molar-refractivity contribution is 0.245. The van der Waals surface area contributed by atoms with E-state index in [0.29, 0.717) is 5.69 Å². The molecule has 1 aromatic carbocycles. The van der Waals surface area contributed by atoms with E-state index in [1.165, 1.54) is 0 Å². The fourth-order valence-corrected chi connectivity index (χ4v) is 1.65. The van der Waals surface area contributed by atoms with Crippen molar-refractivity contribution in [1.29, 1.82) is 0 Å². The Morgan fingerprint density at radius 1 is 1.53 bits per heavy atom. The third kappa shape index (κ3) is 3.89. The Hall–Kier alpha value is -1.07. The molecule has 0 saturated heterocycles. The van der Waals surface area contributed by atoms with Crippen molar-refractivity contribution >= 4 is 27.6 Å². The van der Waals surface area contributed by atoms with E-state index in [0.717, 1.165) is 10.0 Å². The summed E-state index contributed by atoms with van der Waals surface area (Å²) in [6.07, 6.45) is 0. The van der Waals surface area contributed by atoms with Crippen molar-refractivity contribution in [3.8, 4) is 0 Å². The zero-order valence-electron chi connectivity index (χ0n) is 8.38. The van der Waals surface area contributed by atoms with E-state index in [-0.39, 0.29) is 19.2 Å². The molecule has 0 atom stereocenters. The summed E-state index contributed by atoms with van der Waals surface area (Å²) in [6.45, 7) is 2.15. The van der Waals surface area contributed by atoms with Gasteiger partial charge < -0.3 is 15.7 Å². The van der Waals surface area contributed by atoms with Gasteiger partial charge in [0.25, 0.3) is 0 Å². The summed E-state index contributed by atoms with van der Waals surface area (Å²) in [7, 11) is 0. The molecule has 0 fully saturated rings. The average Bonchev–Trinajstić information content (AvgIpc) is 2.19. The van der Waals surface area contributed by atoms with E-state index in [4.69, 9.17) is 5.11 Å². The Kier molecular flexibility index (Phi) is 4.58. The number of hydrogen-bond donors (Lipinski definition) is 3. The third-order valence-electron chi connectivity index (χ3n) is 1.77. The van der Waals surface area contributed by atoms with E-state index in [1.807, 2.05) is 25.1 Å². The Labute approximate surface area is 96.8 Å². The van der Waals surface area contributed by atoms with Crippen molar-refractivity contribution in [2.45, 2.75) is 6.92 Å². The molecule has 15 heavy (non-hydrogen) atoms. The first kappa shape index (κ1) is 12.0. The number of carbonyl (C=O) groups excluding carboxylic acids is 1. The zero-order chi connectivity index (χ0) is 11.3. The largest absolute Gasteiger partial charge is 0.395 e. The van der Waals surface area contributed by atoms with Gasteiger partial charge in [-0.2, -0.15) is 0 Å². The first-order chi connectivity index (χ1) is 7.13.